The molecule has 132 valence electrons. The number of benzene rings is 1. The van der Waals surface area contributed by atoms with E-state index in [9.17, 15) is 13.2 Å². The molecule has 0 radical (unpaired) electrons. The van der Waals surface area contributed by atoms with E-state index in [1.165, 1.54) is 7.11 Å². The Balaban J connectivity index is 2.07. The van der Waals surface area contributed by atoms with Crippen molar-refractivity contribution in [2.75, 3.05) is 27.5 Å². The van der Waals surface area contributed by atoms with Crippen LogP contribution in [0.4, 0.5) is 13.2 Å². The lowest BCUT2D eigenvalue weighted by Crippen LogP contribution is -2.36. The molecule has 2 aliphatic heterocycles. The second kappa shape index (κ2) is 6.04. The molecule has 0 aromatic heterocycles. The number of hydrogen-bond acceptors (Lipinski definition) is 6. The Hall–Kier alpha value is -2.16. The van der Waals surface area contributed by atoms with E-state index < -0.39 is 24.4 Å². The quantitative estimate of drug-likeness (QED) is 0.518. The molecule has 0 unspecified atom stereocenters. The molecule has 1 aromatic rings. The number of likely N-dealkylation sites (N-methyl/N-ethyl adjacent to an activating group) is 1. The summed E-state index contributed by atoms with van der Waals surface area (Å²) in [7, 11) is 3.16. The Kier molecular flexibility index (Phi) is 4.20. The van der Waals surface area contributed by atoms with E-state index in [1.807, 2.05) is 0 Å². The molecule has 3 rings (SSSR count). The van der Waals surface area contributed by atoms with E-state index in [2.05, 4.69) is 5.16 Å². The lowest BCUT2D eigenvalue weighted by molar-refractivity contribution is -0.0638. The van der Waals surface area contributed by atoms with Gasteiger partial charge in [0.1, 0.15) is 0 Å². The molecule has 24 heavy (non-hydrogen) atoms. The first-order valence-corrected chi connectivity index (χ1v) is 7.34. The van der Waals surface area contributed by atoms with Crippen molar-refractivity contribution in [1.29, 1.82) is 0 Å². The van der Waals surface area contributed by atoms with Gasteiger partial charge in [0.2, 0.25) is 12.5 Å². The van der Waals surface area contributed by atoms with Gasteiger partial charge in [-0.25, -0.2) is 0 Å². The molecule has 0 bridgehead atoms. The lowest BCUT2D eigenvalue weighted by atomic mass is 9.88. The van der Waals surface area contributed by atoms with E-state index in [0.29, 0.717) is 35.8 Å². The van der Waals surface area contributed by atoms with Gasteiger partial charge < -0.3 is 19.4 Å². The van der Waals surface area contributed by atoms with Crippen LogP contribution in [0, 0.1) is 0 Å². The first kappa shape index (κ1) is 16.7. The highest BCUT2D eigenvalue weighted by molar-refractivity contribution is 5.90. The van der Waals surface area contributed by atoms with Gasteiger partial charge in [0.05, 0.1) is 7.11 Å². The van der Waals surface area contributed by atoms with Gasteiger partial charge in [0, 0.05) is 24.6 Å². The summed E-state index contributed by atoms with van der Waals surface area (Å²) >= 11 is 0. The third kappa shape index (κ3) is 2.72. The number of fused-ring (bicyclic) bond motifs is 2. The summed E-state index contributed by atoms with van der Waals surface area (Å²) in [5.41, 5.74) is 0.228. The normalized spacial score (nSPS) is 20.9. The Bertz CT molecular complexity index is 676. The van der Waals surface area contributed by atoms with Crippen LogP contribution < -0.4 is 14.2 Å². The minimum Gasteiger partial charge on any atom is -0.492 e. The van der Waals surface area contributed by atoms with Crippen LogP contribution in [0.25, 0.3) is 0 Å². The van der Waals surface area contributed by atoms with Gasteiger partial charge in [-0.3, -0.25) is 4.90 Å². The predicted octanol–water partition coefficient (Wildman–Crippen LogP) is 2.74. The zero-order chi connectivity index (χ0) is 17.5. The number of nitrogens with zero attached hydrogens (tertiary/aromatic N) is 2. The zero-order valence-electron chi connectivity index (χ0n) is 13.2. The summed E-state index contributed by atoms with van der Waals surface area (Å²) in [6.45, 7) is 0.609. The molecule has 2 heterocycles. The Labute approximate surface area is 136 Å². The highest BCUT2D eigenvalue weighted by Crippen LogP contribution is 2.50. The lowest BCUT2D eigenvalue weighted by Gasteiger charge is -2.36. The molecule has 6 nitrogen and oxygen atoms in total. The van der Waals surface area contributed by atoms with Crippen molar-refractivity contribution in [3.05, 3.63) is 17.2 Å². The third-order valence-corrected chi connectivity index (χ3v) is 4.38. The molecule has 0 aliphatic carbocycles. The fraction of sp³-hybridized carbons (Fsp3) is 0.533. The van der Waals surface area contributed by atoms with E-state index in [1.54, 1.807) is 18.0 Å². The number of oxime groups is 1. The van der Waals surface area contributed by atoms with E-state index >= 15 is 0 Å². The van der Waals surface area contributed by atoms with Crippen LogP contribution in [0.2, 0.25) is 0 Å². The van der Waals surface area contributed by atoms with Crippen molar-refractivity contribution in [2.45, 2.75) is 25.1 Å². The molecule has 1 N–H and O–H groups in total. The second-order valence-electron chi connectivity index (χ2n) is 5.71. The third-order valence-electron chi connectivity index (χ3n) is 4.38. The van der Waals surface area contributed by atoms with Crippen molar-refractivity contribution in [3.8, 4) is 17.2 Å². The molecule has 0 spiro atoms. The van der Waals surface area contributed by atoms with E-state index in [0.717, 1.165) is 5.56 Å². The molecule has 0 saturated heterocycles. The number of ether oxygens (including phenoxy) is 3. The van der Waals surface area contributed by atoms with Crippen LogP contribution in [-0.4, -0.2) is 49.5 Å². The summed E-state index contributed by atoms with van der Waals surface area (Å²) in [6.07, 6.45) is -4.54. The maximum atomic E-state index is 13.0. The first-order chi connectivity index (χ1) is 11.4. The van der Waals surface area contributed by atoms with Gasteiger partial charge in [-0.2, -0.15) is 13.2 Å². The fourth-order valence-electron chi connectivity index (χ4n) is 3.18. The van der Waals surface area contributed by atoms with Gasteiger partial charge in [-0.1, -0.05) is 5.16 Å². The molecule has 0 fully saturated rings. The fourth-order valence-corrected chi connectivity index (χ4v) is 3.18. The molecule has 1 atom stereocenters. The predicted molar refractivity (Wildman–Crippen MR) is 78.1 cm³/mol. The molecule has 2 aliphatic rings. The summed E-state index contributed by atoms with van der Waals surface area (Å²) in [5.74, 6) is 1.29. The van der Waals surface area contributed by atoms with E-state index in [4.69, 9.17) is 19.4 Å². The van der Waals surface area contributed by atoms with Gasteiger partial charge in [-0.15, -0.1) is 0 Å². The Morgan fingerprint density at radius 3 is 2.83 bits per heavy atom. The molecule has 0 amide bonds. The standard InChI is InChI=1S/C15H17F3N2O4/c1-20-4-3-8-5-10-13(24-7-23-10)14(22-2)12(8)9(20)6-11(19-21)15(16,17)18/h5,9,21H,3-4,6-7H2,1-2H3/t9-/m0/s1. The van der Waals surface area contributed by atoms with Gasteiger partial charge >= 0.3 is 6.18 Å². The van der Waals surface area contributed by atoms with Crippen LogP contribution >= 0.6 is 0 Å². The minimum absolute atomic E-state index is 0.0427. The van der Waals surface area contributed by atoms with Gasteiger partial charge in [0.15, 0.2) is 17.2 Å². The van der Waals surface area contributed by atoms with Crippen molar-refractivity contribution >= 4 is 5.71 Å². The van der Waals surface area contributed by atoms with Crippen LogP contribution in [-0.2, 0) is 6.42 Å². The average molecular weight is 346 g/mol. The van der Waals surface area contributed by atoms with Gasteiger partial charge in [-0.05, 0) is 25.1 Å². The highest BCUT2D eigenvalue weighted by Gasteiger charge is 2.41. The molecule has 0 saturated carbocycles. The topological polar surface area (TPSA) is 63.5 Å². The molecular formula is C15H17F3N2O4. The van der Waals surface area contributed by atoms with E-state index in [-0.39, 0.29) is 6.79 Å². The first-order valence-electron chi connectivity index (χ1n) is 7.34. The number of hydrogen-bond donors (Lipinski definition) is 1. The minimum atomic E-state index is -4.70. The van der Waals surface area contributed by atoms with Crippen LogP contribution in [0.1, 0.15) is 23.6 Å². The Morgan fingerprint density at radius 2 is 2.21 bits per heavy atom. The van der Waals surface area contributed by atoms with Crippen LogP contribution in [0.3, 0.4) is 0 Å². The highest BCUT2D eigenvalue weighted by atomic mass is 19.4. The summed E-state index contributed by atoms with van der Waals surface area (Å²) in [5, 5.41) is 11.2. The van der Waals surface area contributed by atoms with Crippen LogP contribution in [0.15, 0.2) is 11.2 Å². The molecular weight excluding hydrogens is 329 g/mol. The number of alkyl halides is 3. The number of halogens is 3. The SMILES string of the molecule is COc1c2c(cc3c1[C@H](CC(=NO)C(F)(F)F)N(C)CC3)OCO2. The maximum absolute atomic E-state index is 13.0. The molecule has 1 aromatic carbocycles. The smallest absolute Gasteiger partial charge is 0.432 e. The summed E-state index contributed by atoms with van der Waals surface area (Å²) < 4.78 is 55.2. The average Bonchev–Trinajstić information content (AvgIpc) is 2.98. The van der Waals surface area contributed by atoms with Crippen molar-refractivity contribution < 1.29 is 32.6 Å². The monoisotopic (exact) mass is 346 g/mol. The Morgan fingerprint density at radius 1 is 1.46 bits per heavy atom. The maximum Gasteiger partial charge on any atom is 0.432 e. The van der Waals surface area contributed by atoms with Gasteiger partial charge in [0.25, 0.3) is 0 Å². The summed E-state index contributed by atoms with van der Waals surface area (Å²) in [4.78, 5) is 1.78. The zero-order valence-corrected chi connectivity index (χ0v) is 13.2. The van der Waals surface area contributed by atoms with Crippen molar-refractivity contribution in [2.24, 2.45) is 5.16 Å². The van der Waals surface area contributed by atoms with Crippen molar-refractivity contribution in [3.63, 3.8) is 0 Å². The number of methoxy groups -OCH3 is 1. The molecule has 9 heteroatoms. The van der Waals surface area contributed by atoms with Crippen LogP contribution in [0.5, 0.6) is 17.2 Å². The largest absolute Gasteiger partial charge is 0.492 e. The summed E-state index contributed by atoms with van der Waals surface area (Å²) in [6, 6.07) is 1.13. The second-order valence-corrected chi connectivity index (χ2v) is 5.71. The van der Waals surface area contributed by atoms with Crippen molar-refractivity contribution in [1.82, 2.24) is 4.90 Å². The number of rotatable bonds is 3.